The quantitative estimate of drug-likeness (QED) is 0.638. The molecule has 8 heteroatoms. The number of piperidine rings is 1. The summed E-state index contributed by atoms with van der Waals surface area (Å²) in [4.78, 5) is 10.1. The zero-order valence-corrected chi connectivity index (χ0v) is 15.6. The minimum Gasteiger partial charge on any atom is -0.297 e. The van der Waals surface area contributed by atoms with E-state index in [1.165, 1.54) is 18.5 Å². The predicted octanol–water partition coefficient (Wildman–Crippen LogP) is 4.02. The number of fused-ring (bicyclic) bond motifs is 1. The van der Waals surface area contributed by atoms with Crippen LogP contribution in [0.1, 0.15) is 24.4 Å². The first kappa shape index (κ1) is 17.5. The molecule has 3 heterocycles. The van der Waals surface area contributed by atoms with Gasteiger partial charge in [0.1, 0.15) is 6.33 Å². The van der Waals surface area contributed by atoms with E-state index in [2.05, 4.69) is 31.0 Å². The molecule has 26 heavy (non-hydrogen) atoms. The first-order valence-corrected chi connectivity index (χ1v) is 9.32. The summed E-state index contributed by atoms with van der Waals surface area (Å²) in [5.74, 6) is -2.86. The van der Waals surface area contributed by atoms with Gasteiger partial charge >= 0.3 is 0 Å². The van der Waals surface area contributed by atoms with Crippen molar-refractivity contribution in [3.63, 3.8) is 0 Å². The van der Waals surface area contributed by atoms with Gasteiger partial charge in [-0.05, 0) is 25.0 Å². The summed E-state index contributed by atoms with van der Waals surface area (Å²) >= 11 is 3.28. The van der Waals surface area contributed by atoms with Crippen molar-refractivity contribution in [2.75, 3.05) is 19.6 Å². The smallest absolute Gasteiger partial charge is 0.285 e. The summed E-state index contributed by atoms with van der Waals surface area (Å²) in [6.45, 7) is 0.968. The number of aromatic nitrogens is 4. The number of rotatable bonds is 4. The van der Waals surface area contributed by atoms with Crippen LogP contribution >= 0.6 is 15.9 Å². The molecule has 3 aromatic rings. The zero-order chi connectivity index (χ0) is 18.1. The Morgan fingerprint density at radius 2 is 1.85 bits per heavy atom. The van der Waals surface area contributed by atoms with Gasteiger partial charge in [-0.25, -0.2) is 14.6 Å². The third kappa shape index (κ3) is 3.48. The molecule has 1 fully saturated rings. The normalized spacial score (nSPS) is 17.0. The van der Waals surface area contributed by atoms with Crippen molar-refractivity contribution >= 4 is 27.0 Å². The topological polar surface area (TPSA) is 46.8 Å². The molecule has 0 radical (unpaired) electrons. The van der Waals surface area contributed by atoms with E-state index in [1.807, 2.05) is 9.58 Å². The lowest BCUT2D eigenvalue weighted by Gasteiger charge is -2.34. The lowest BCUT2D eigenvalue weighted by Crippen LogP contribution is -2.41. The minimum atomic E-state index is -2.86. The SMILES string of the molecule is FC(F)(CN1CCC(n2ncc3cncnc32)CC1)c1ccc(Br)cc1. The van der Waals surface area contributed by atoms with Gasteiger partial charge in [-0.1, -0.05) is 28.1 Å². The number of hydrogen-bond donors (Lipinski definition) is 0. The number of hydrogen-bond acceptors (Lipinski definition) is 4. The monoisotopic (exact) mass is 421 g/mol. The van der Waals surface area contributed by atoms with Crippen LogP contribution in [0.2, 0.25) is 0 Å². The first-order valence-electron chi connectivity index (χ1n) is 8.52. The Labute approximate surface area is 158 Å². The van der Waals surface area contributed by atoms with Gasteiger partial charge < -0.3 is 0 Å². The standard InChI is InChI=1S/C18H18BrF2N5/c19-15-3-1-14(2-4-15)18(20,21)11-25-7-5-16(6-8-25)26-17-13(10-24-26)9-22-12-23-17/h1-4,9-10,12,16H,5-8,11H2. The van der Waals surface area contributed by atoms with Gasteiger partial charge in [0.05, 0.1) is 24.2 Å². The van der Waals surface area contributed by atoms with E-state index in [9.17, 15) is 8.78 Å². The molecule has 136 valence electrons. The maximum Gasteiger partial charge on any atom is 0.285 e. The average molecular weight is 422 g/mol. The number of alkyl halides is 2. The molecule has 0 spiro atoms. The van der Waals surface area contributed by atoms with Gasteiger partial charge in [0.25, 0.3) is 5.92 Å². The third-order valence-corrected chi connectivity index (χ3v) is 5.38. The second-order valence-corrected chi connectivity index (χ2v) is 7.53. The van der Waals surface area contributed by atoms with Gasteiger partial charge in [-0.3, -0.25) is 4.90 Å². The highest BCUT2D eigenvalue weighted by Crippen LogP contribution is 2.32. The van der Waals surface area contributed by atoms with Crippen molar-refractivity contribution in [2.24, 2.45) is 0 Å². The highest BCUT2D eigenvalue weighted by Gasteiger charge is 2.35. The maximum absolute atomic E-state index is 14.6. The van der Waals surface area contributed by atoms with Crippen LogP contribution in [-0.4, -0.2) is 44.3 Å². The molecule has 0 unspecified atom stereocenters. The second kappa shape index (κ2) is 7.00. The summed E-state index contributed by atoms with van der Waals surface area (Å²) in [6.07, 6.45) is 6.55. The molecule has 0 bridgehead atoms. The zero-order valence-electron chi connectivity index (χ0n) is 14.0. The fourth-order valence-corrected chi connectivity index (χ4v) is 3.71. The molecule has 0 N–H and O–H groups in total. The molecular weight excluding hydrogens is 404 g/mol. The highest BCUT2D eigenvalue weighted by molar-refractivity contribution is 9.10. The number of likely N-dealkylation sites (tertiary alicyclic amines) is 1. The van der Waals surface area contributed by atoms with E-state index in [0.29, 0.717) is 13.1 Å². The van der Waals surface area contributed by atoms with Crippen molar-refractivity contribution in [1.82, 2.24) is 24.6 Å². The van der Waals surface area contributed by atoms with E-state index in [-0.39, 0.29) is 18.2 Å². The summed E-state index contributed by atoms with van der Waals surface area (Å²) in [5, 5.41) is 5.32. The summed E-state index contributed by atoms with van der Waals surface area (Å²) in [6, 6.07) is 6.44. The minimum absolute atomic E-state index is 0.0533. The molecule has 0 amide bonds. The number of halogens is 3. The Morgan fingerprint density at radius 1 is 1.12 bits per heavy atom. The lowest BCUT2D eigenvalue weighted by molar-refractivity contribution is -0.0442. The number of benzene rings is 1. The van der Waals surface area contributed by atoms with Crippen LogP contribution < -0.4 is 0 Å². The van der Waals surface area contributed by atoms with E-state index >= 15 is 0 Å². The van der Waals surface area contributed by atoms with Crippen LogP contribution in [0.5, 0.6) is 0 Å². The molecule has 1 aromatic carbocycles. The molecular formula is C18H18BrF2N5. The van der Waals surface area contributed by atoms with Gasteiger partial charge in [0.2, 0.25) is 0 Å². The Bertz CT molecular complexity index is 888. The van der Waals surface area contributed by atoms with Gasteiger partial charge in [-0.15, -0.1) is 0 Å². The largest absolute Gasteiger partial charge is 0.297 e. The molecule has 1 aliphatic rings. The predicted molar refractivity (Wildman–Crippen MR) is 98.1 cm³/mol. The van der Waals surface area contributed by atoms with Gasteiger partial charge in [0.15, 0.2) is 5.65 Å². The Morgan fingerprint density at radius 3 is 2.58 bits per heavy atom. The van der Waals surface area contributed by atoms with E-state index in [0.717, 1.165) is 28.3 Å². The Kier molecular flexibility index (Phi) is 4.71. The lowest BCUT2D eigenvalue weighted by atomic mass is 10.0. The Balaban J connectivity index is 1.41. The summed E-state index contributed by atoms with van der Waals surface area (Å²) in [5.41, 5.74) is 0.858. The van der Waals surface area contributed by atoms with Crippen molar-refractivity contribution < 1.29 is 8.78 Å². The fourth-order valence-electron chi connectivity index (χ4n) is 3.45. The Hall–Kier alpha value is -1.93. The molecule has 5 nitrogen and oxygen atoms in total. The van der Waals surface area contributed by atoms with Crippen LogP contribution in [0.4, 0.5) is 8.78 Å². The molecule has 4 rings (SSSR count). The average Bonchev–Trinajstić information content (AvgIpc) is 3.07. The third-order valence-electron chi connectivity index (χ3n) is 4.85. The van der Waals surface area contributed by atoms with Gasteiger partial charge in [0, 0.05) is 29.3 Å². The maximum atomic E-state index is 14.6. The van der Waals surface area contributed by atoms with E-state index in [4.69, 9.17) is 0 Å². The molecule has 2 aromatic heterocycles. The summed E-state index contributed by atoms with van der Waals surface area (Å²) < 4.78 is 31.8. The van der Waals surface area contributed by atoms with Crippen LogP contribution in [0, 0.1) is 0 Å². The fraction of sp³-hybridized carbons (Fsp3) is 0.389. The van der Waals surface area contributed by atoms with E-state index in [1.54, 1.807) is 24.5 Å². The van der Waals surface area contributed by atoms with Crippen LogP contribution in [-0.2, 0) is 5.92 Å². The molecule has 1 saturated heterocycles. The summed E-state index contributed by atoms with van der Waals surface area (Å²) in [7, 11) is 0. The van der Waals surface area contributed by atoms with Crippen molar-refractivity contribution in [3.05, 3.63) is 53.0 Å². The molecule has 1 aliphatic heterocycles. The van der Waals surface area contributed by atoms with Crippen LogP contribution in [0.25, 0.3) is 11.0 Å². The molecule has 0 aliphatic carbocycles. The highest BCUT2D eigenvalue weighted by atomic mass is 79.9. The second-order valence-electron chi connectivity index (χ2n) is 6.61. The van der Waals surface area contributed by atoms with Crippen LogP contribution in [0.15, 0.2) is 47.5 Å². The van der Waals surface area contributed by atoms with E-state index < -0.39 is 5.92 Å². The van der Waals surface area contributed by atoms with Crippen molar-refractivity contribution in [2.45, 2.75) is 24.8 Å². The molecule has 0 atom stereocenters. The number of nitrogens with zero attached hydrogens (tertiary/aromatic N) is 5. The van der Waals surface area contributed by atoms with Crippen LogP contribution in [0.3, 0.4) is 0 Å². The van der Waals surface area contributed by atoms with Gasteiger partial charge in [-0.2, -0.15) is 13.9 Å². The van der Waals surface area contributed by atoms with Crippen molar-refractivity contribution in [1.29, 1.82) is 0 Å². The molecule has 0 saturated carbocycles. The van der Waals surface area contributed by atoms with Crippen molar-refractivity contribution in [3.8, 4) is 0 Å². The first-order chi connectivity index (χ1) is 12.5.